The summed E-state index contributed by atoms with van der Waals surface area (Å²) < 4.78 is 1.98. The van der Waals surface area contributed by atoms with Crippen LogP contribution in [0, 0.1) is 0 Å². The minimum atomic E-state index is 0.238. The number of hydrogen-bond donors (Lipinski definition) is 2. The van der Waals surface area contributed by atoms with E-state index in [2.05, 4.69) is 34.9 Å². The number of aromatic nitrogens is 5. The predicted octanol–water partition coefficient (Wildman–Crippen LogP) is 3.14. The Hall–Kier alpha value is -2.89. The first-order chi connectivity index (χ1) is 10.6. The van der Waals surface area contributed by atoms with Gasteiger partial charge in [0.1, 0.15) is 17.2 Å². The smallest absolute Gasteiger partial charge is 0.137 e. The molecule has 0 aromatic carbocycles. The summed E-state index contributed by atoms with van der Waals surface area (Å²) >= 11 is 0. The quantitative estimate of drug-likeness (QED) is 0.594. The number of fused-ring (bicyclic) bond motifs is 2. The van der Waals surface area contributed by atoms with Crippen molar-refractivity contribution < 1.29 is 0 Å². The highest BCUT2D eigenvalue weighted by molar-refractivity contribution is 6.01. The molecule has 6 nitrogen and oxygen atoms in total. The first kappa shape index (κ1) is 12.8. The van der Waals surface area contributed by atoms with E-state index in [0.29, 0.717) is 5.82 Å². The molecule has 6 heteroatoms. The van der Waals surface area contributed by atoms with Crippen LogP contribution in [0.5, 0.6) is 0 Å². The lowest BCUT2D eigenvalue weighted by Gasteiger charge is -2.06. The number of nitrogens with two attached hydrogens (primary N) is 1. The largest absolute Gasteiger partial charge is 0.383 e. The minimum Gasteiger partial charge on any atom is -0.383 e. The number of nitrogens with one attached hydrogen (secondary N) is 1. The lowest BCUT2D eigenvalue weighted by Crippen LogP contribution is -2.02. The number of rotatable bonds is 2. The molecular formula is C16H16N6. The molecule has 110 valence electrons. The summed E-state index contributed by atoms with van der Waals surface area (Å²) in [6, 6.07) is 6.25. The van der Waals surface area contributed by atoms with Crippen LogP contribution in [0.1, 0.15) is 19.9 Å². The third-order valence-electron chi connectivity index (χ3n) is 3.81. The van der Waals surface area contributed by atoms with E-state index in [9.17, 15) is 0 Å². The number of nitrogens with zero attached hydrogens (tertiary/aromatic N) is 4. The Balaban J connectivity index is 2.05. The summed E-state index contributed by atoms with van der Waals surface area (Å²) in [5, 5.41) is 6.69. The van der Waals surface area contributed by atoms with Gasteiger partial charge in [0.15, 0.2) is 0 Å². The molecule has 3 N–H and O–H groups in total. The number of aromatic amines is 1. The molecule has 0 unspecified atom stereocenters. The topological polar surface area (TPSA) is 85.4 Å². The van der Waals surface area contributed by atoms with Crippen molar-refractivity contribution in [2.45, 2.75) is 19.9 Å². The third kappa shape index (κ3) is 1.77. The third-order valence-corrected chi connectivity index (χ3v) is 3.81. The Bertz CT molecular complexity index is 979. The molecule has 0 radical (unpaired) electrons. The van der Waals surface area contributed by atoms with Crippen molar-refractivity contribution in [1.82, 2.24) is 24.7 Å². The van der Waals surface area contributed by atoms with Crippen molar-refractivity contribution in [3.05, 3.63) is 36.8 Å². The maximum Gasteiger partial charge on any atom is 0.137 e. The fourth-order valence-corrected chi connectivity index (χ4v) is 2.78. The van der Waals surface area contributed by atoms with Gasteiger partial charge in [-0.2, -0.15) is 5.10 Å². The molecule has 0 spiro atoms. The number of H-pyrrole nitrogens is 1. The number of anilines is 1. The molecule has 0 aliphatic rings. The molecule has 0 atom stereocenters. The van der Waals surface area contributed by atoms with Gasteiger partial charge in [0.25, 0.3) is 0 Å². The average molecular weight is 292 g/mol. The maximum absolute atomic E-state index is 6.11. The molecule has 0 bridgehead atoms. The van der Waals surface area contributed by atoms with Crippen molar-refractivity contribution in [2.75, 3.05) is 5.73 Å². The lowest BCUT2D eigenvalue weighted by atomic mass is 10.1. The first-order valence-corrected chi connectivity index (χ1v) is 7.21. The highest BCUT2D eigenvalue weighted by Gasteiger charge is 2.17. The summed E-state index contributed by atoms with van der Waals surface area (Å²) in [7, 11) is 0. The second-order valence-electron chi connectivity index (χ2n) is 5.62. The van der Waals surface area contributed by atoms with E-state index in [1.54, 1.807) is 6.20 Å². The van der Waals surface area contributed by atoms with Gasteiger partial charge in [0.2, 0.25) is 0 Å². The van der Waals surface area contributed by atoms with E-state index >= 15 is 0 Å². The van der Waals surface area contributed by atoms with Crippen LogP contribution in [0.3, 0.4) is 0 Å². The first-order valence-electron chi connectivity index (χ1n) is 7.21. The summed E-state index contributed by atoms with van der Waals surface area (Å²) in [5.41, 5.74) is 9.73. The zero-order chi connectivity index (χ0) is 15.3. The lowest BCUT2D eigenvalue weighted by molar-refractivity contribution is 0.552. The highest BCUT2D eigenvalue weighted by atomic mass is 15.3. The summed E-state index contributed by atoms with van der Waals surface area (Å²) in [6.07, 6.45) is 5.41. The van der Waals surface area contributed by atoms with Crippen LogP contribution in [0.2, 0.25) is 0 Å². The van der Waals surface area contributed by atoms with Crippen LogP contribution in [0.15, 0.2) is 36.8 Å². The van der Waals surface area contributed by atoms with Gasteiger partial charge in [-0.1, -0.05) is 0 Å². The van der Waals surface area contributed by atoms with Crippen molar-refractivity contribution in [3.8, 4) is 11.3 Å². The van der Waals surface area contributed by atoms with Crippen LogP contribution < -0.4 is 5.73 Å². The minimum absolute atomic E-state index is 0.238. The molecule has 22 heavy (non-hydrogen) atoms. The molecule has 0 aliphatic heterocycles. The fourth-order valence-electron chi connectivity index (χ4n) is 2.78. The monoisotopic (exact) mass is 292 g/mol. The Morgan fingerprint density at radius 2 is 2.09 bits per heavy atom. The molecule has 4 rings (SSSR count). The summed E-state index contributed by atoms with van der Waals surface area (Å²) in [5.74, 6) is 0.494. The second kappa shape index (κ2) is 4.56. The van der Waals surface area contributed by atoms with Gasteiger partial charge in [-0.3, -0.25) is 4.68 Å². The van der Waals surface area contributed by atoms with E-state index < -0.39 is 0 Å². The highest BCUT2D eigenvalue weighted by Crippen LogP contribution is 2.33. The van der Waals surface area contributed by atoms with Crippen LogP contribution in [0.25, 0.3) is 33.2 Å². The number of nitrogen functional groups attached to an aromatic ring is 1. The van der Waals surface area contributed by atoms with Gasteiger partial charge in [-0.05, 0) is 32.0 Å². The van der Waals surface area contributed by atoms with E-state index in [0.717, 1.165) is 33.2 Å². The molecule has 0 fully saturated rings. The average Bonchev–Trinajstić information content (AvgIpc) is 3.11. The maximum atomic E-state index is 6.11. The molecule has 0 saturated carbocycles. The van der Waals surface area contributed by atoms with Gasteiger partial charge in [-0.25, -0.2) is 9.97 Å². The zero-order valence-electron chi connectivity index (χ0n) is 12.4. The van der Waals surface area contributed by atoms with Crippen LogP contribution in [0.4, 0.5) is 5.82 Å². The van der Waals surface area contributed by atoms with Crippen molar-refractivity contribution >= 4 is 27.8 Å². The van der Waals surface area contributed by atoms with Gasteiger partial charge in [0, 0.05) is 35.6 Å². The standard InChI is InChI=1S/C16H16N6/c1-9(2)22-12-4-6-18-15(17)13(12)14(21-22)11-7-10-3-5-19-16(10)20-8-11/h3-9H,1-2H3,(H2,17,18)(H,19,20). The molecule has 0 saturated heterocycles. The Morgan fingerprint density at radius 1 is 1.23 bits per heavy atom. The zero-order valence-corrected chi connectivity index (χ0v) is 12.4. The second-order valence-corrected chi connectivity index (χ2v) is 5.62. The van der Waals surface area contributed by atoms with Gasteiger partial charge < -0.3 is 10.7 Å². The fraction of sp³-hybridized carbons (Fsp3) is 0.188. The number of hydrogen-bond acceptors (Lipinski definition) is 4. The van der Waals surface area contributed by atoms with Crippen LogP contribution >= 0.6 is 0 Å². The molecule has 4 aromatic rings. The molecule has 0 aliphatic carbocycles. The van der Waals surface area contributed by atoms with Gasteiger partial charge >= 0.3 is 0 Å². The molecule has 0 amide bonds. The normalized spacial score (nSPS) is 11.8. The molecule has 4 heterocycles. The van der Waals surface area contributed by atoms with Crippen LogP contribution in [-0.2, 0) is 0 Å². The van der Waals surface area contributed by atoms with E-state index in [4.69, 9.17) is 10.8 Å². The molecule has 4 aromatic heterocycles. The Labute approximate surface area is 127 Å². The van der Waals surface area contributed by atoms with Gasteiger partial charge in [-0.15, -0.1) is 0 Å². The predicted molar refractivity (Wildman–Crippen MR) is 87.4 cm³/mol. The summed E-state index contributed by atoms with van der Waals surface area (Å²) in [6.45, 7) is 4.20. The van der Waals surface area contributed by atoms with Gasteiger partial charge in [0.05, 0.1) is 10.9 Å². The van der Waals surface area contributed by atoms with E-state index in [-0.39, 0.29) is 6.04 Å². The SMILES string of the molecule is CC(C)n1nc(-c2cnc3[nH]ccc3c2)c2c(N)nccc21. The Morgan fingerprint density at radius 3 is 2.91 bits per heavy atom. The summed E-state index contributed by atoms with van der Waals surface area (Å²) in [4.78, 5) is 11.8. The van der Waals surface area contributed by atoms with E-state index in [1.807, 2.05) is 29.2 Å². The number of pyridine rings is 2. The Kier molecular flexibility index (Phi) is 2.66. The van der Waals surface area contributed by atoms with Crippen molar-refractivity contribution in [3.63, 3.8) is 0 Å². The van der Waals surface area contributed by atoms with Crippen LogP contribution in [-0.4, -0.2) is 24.7 Å². The van der Waals surface area contributed by atoms with Crippen molar-refractivity contribution in [2.24, 2.45) is 0 Å². The van der Waals surface area contributed by atoms with Crippen molar-refractivity contribution in [1.29, 1.82) is 0 Å². The van der Waals surface area contributed by atoms with E-state index in [1.165, 1.54) is 0 Å². The molecular weight excluding hydrogens is 276 g/mol.